The summed E-state index contributed by atoms with van der Waals surface area (Å²) < 4.78 is 10.7. The Kier molecular flexibility index (Phi) is 6.53. The first-order chi connectivity index (χ1) is 14.2. The first-order valence-corrected chi connectivity index (χ1v) is 10.9. The van der Waals surface area contributed by atoms with Crippen LogP contribution in [0.1, 0.15) is 27.1 Å². The molecule has 1 unspecified atom stereocenters. The first-order valence-electron chi connectivity index (χ1n) is 9.82. The molecule has 2 aromatic rings. The van der Waals surface area contributed by atoms with Gasteiger partial charge in [-0.3, -0.25) is 14.5 Å². The van der Waals surface area contributed by atoms with Crippen molar-refractivity contribution >= 4 is 23.6 Å². The van der Waals surface area contributed by atoms with Gasteiger partial charge in [-0.25, -0.2) is 0 Å². The Labute approximate surface area is 174 Å². The van der Waals surface area contributed by atoms with E-state index in [4.69, 9.17) is 9.15 Å². The van der Waals surface area contributed by atoms with E-state index in [0.29, 0.717) is 24.4 Å². The molecule has 2 aliphatic heterocycles. The molecule has 2 amide bonds. The molecule has 8 heteroatoms. The molecule has 3 heterocycles. The zero-order valence-corrected chi connectivity index (χ0v) is 17.0. The van der Waals surface area contributed by atoms with Crippen LogP contribution in [0.5, 0.6) is 0 Å². The van der Waals surface area contributed by atoms with Crippen molar-refractivity contribution in [2.24, 2.45) is 0 Å². The van der Waals surface area contributed by atoms with Crippen molar-refractivity contribution in [1.29, 1.82) is 0 Å². The predicted molar refractivity (Wildman–Crippen MR) is 110 cm³/mol. The van der Waals surface area contributed by atoms with E-state index in [1.165, 1.54) is 0 Å². The number of rotatable bonds is 7. The highest BCUT2D eigenvalue weighted by molar-refractivity contribution is 8.00. The molecular formula is C21H25N3O4S. The number of hydrogen-bond donors (Lipinski definition) is 1. The van der Waals surface area contributed by atoms with Crippen molar-refractivity contribution in [3.63, 3.8) is 0 Å². The molecular weight excluding hydrogens is 390 g/mol. The van der Waals surface area contributed by atoms with Gasteiger partial charge in [0.2, 0.25) is 5.91 Å². The highest BCUT2D eigenvalue weighted by Crippen LogP contribution is 2.39. The van der Waals surface area contributed by atoms with Gasteiger partial charge in [0.05, 0.1) is 31.8 Å². The van der Waals surface area contributed by atoms with E-state index in [1.54, 1.807) is 18.0 Å². The molecule has 0 bridgehead atoms. The summed E-state index contributed by atoms with van der Waals surface area (Å²) in [5.41, 5.74) is 1.64. The zero-order chi connectivity index (χ0) is 20.1. The minimum Gasteiger partial charge on any atom is -0.467 e. The van der Waals surface area contributed by atoms with Crippen LogP contribution in [0.4, 0.5) is 0 Å². The van der Waals surface area contributed by atoms with Crippen molar-refractivity contribution in [3.05, 3.63) is 59.5 Å². The van der Waals surface area contributed by atoms with Crippen molar-refractivity contribution in [3.8, 4) is 0 Å². The van der Waals surface area contributed by atoms with Gasteiger partial charge < -0.3 is 19.4 Å². The number of furan rings is 1. The third-order valence-corrected chi connectivity index (χ3v) is 6.41. The van der Waals surface area contributed by atoms with Crippen LogP contribution in [0, 0.1) is 0 Å². The van der Waals surface area contributed by atoms with E-state index < -0.39 is 0 Å². The molecule has 2 aliphatic rings. The fourth-order valence-corrected chi connectivity index (χ4v) is 4.71. The molecule has 2 saturated heterocycles. The second-order valence-corrected chi connectivity index (χ2v) is 8.16. The number of carbonyl (C=O) groups is 2. The first kappa shape index (κ1) is 20.0. The fourth-order valence-electron chi connectivity index (χ4n) is 3.53. The number of carbonyl (C=O) groups excluding carboxylic acids is 2. The van der Waals surface area contributed by atoms with Crippen LogP contribution in [0.2, 0.25) is 0 Å². The average molecular weight is 416 g/mol. The van der Waals surface area contributed by atoms with Gasteiger partial charge in [0.1, 0.15) is 11.1 Å². The number of hydrogen-bond acceptors (Lipinski definition) is 6. The molecule has 1 atom stereocenters. The molecule has 1 aromatic carbocycles. The number of ether oxygens (including phenoxy) is 1. The zero-order valence-electron chi connectivity index (χ0n) is 16.2. The summed E-state index contributed by atoms with van der Waals surface area (Å²) >= 11 is 1.60. The van der Waals surface area contributed by atoms with Gasteiger partial charge in [0.25, 0.3) is 5.91 Å². The number of amides is 2. The molecule has 1 aromatic heterocycles. The van der Waals surface area contributed by atoms with Gasteiger partial charge in [0.15, 0.2) is 0 Å². The summed E-state index contributed by atoms with van der Waals surface area (Å²) in [6.45, 7) is 5.24. The van der Waals surface area contributed by atoms with Crippen molar-refractivity contribution in [1.82, 2.24) is 15.1 Å². The highest BCUT2D eigenvalue weighted by atomic mass is 32.2. The average Bonchev–Trinajstić information content (AvgIpc) is 3.40. The Morgan fingerprint density at radius 2 is 1.97 bits per heavy atom. The SMILES string of the molecule is O=C(NCCN1CCOCC1)c1ccc(C2SCC(=O)N2Cc2ccco2)cc1. The van der Waals surface area contributed by atoms with Crippen LogP contribution in [0.25, 0.3) is 0 Å². The maximum atomic E-state index is 12.4. The Morgan fingerprint density at radius 3 is 2.69 bits per heavy atom. The van der Waals surface area contributed by atoms with Crippen LogP contribution in [-0.4, -0.2) is 66.8 Å². The van der Waals surface area contributed by atoms with Gasteiger partial charge >= 0.3 is 0 Å². The molecule has 0 saturated carbocycles. The van der Waals surface area contributed by atoms with E-state index >= 15 is 0 Å². The Morgan fingerprint density at radius 1 is 1.17 bits per heavy atom. The second kappa shape index (κ2) is 9.47. The smallest absolute Gasteiger partial charge is 0.251 e. The summed E-state index contributed by atoms with van der Waals surface area (Å²) in [7, 11) is 0. The lowest BCUT2D eigenvalue weighted by molar-refractivity contribution is -0.128. The van der Waals surface area contributed by atoms with Gasteiger partial charge in [-0.05, 0) is 29.8 Å². The topological polar surface area (TPSA) is 75.0 Å². The lowest BCUT2D eigenvalue weighted by atomic mass is 10.1. The molecule has 29 heavy (non-hydrogen) atoms. The number of morpholine rings is 1. The highest BCUT2D eigenvalue weighted by Gasteiger charge is 2.33. The van der Waals surface area contributed by atoms with E-state index in [-0.39, 0.29) is 17.2 Å². The van der Waals surface area contributed by atoms with Crippen LogP contribution in [0.15, 0.2) is 47.1 Å². The van der Waals surface area contributed by atoms with Gasteiger partial charge in [-0.1, -0.05) is 12.1 Å². The number of thioether (sulfide) groups is 1. The maximum Gasteiger partial charge on any atom is 0.251 e. The van der Waals surface area contributed by atoms with Gasteiger partial charge in [-0.2, -0.15) is 0 Å². The Bertz CT molecular complexity index is 819. The van der Waals surface area contributed by atoms with Crippen LogP contribution in [-0.2, 0) is 16.1 Å². The fraction of sp³-hybridized carbons (Fsp3) is 0.429. The summed E-state index contributed by atoms with van der Waals surface area (Å²) in [5.74, 6) is 1.24. The molecule has 7 nitrogen and oxygen atoms in total. The lowest BCUT2D eigenvalue weighted by Crippen LogP contribution is -2.41. The number of nitrogens with zero attached hydrogens (tertiary/aromatic N) is 2. The van der Waals surface area contributed by atoms with Crippen LogP contribution < -0.4 is 5.32 Å². The summed E-state index contributed by atoms with van der Waals surface area (Å²) in [6, 6.07) is 11.2. The quantitative estimate of drug-likeness (QED) is 0.747. The second-order valence-electron chi connectivity index (χ2n) is 7.10. The molecule has 0 spiro atoms. The minimum absolute atomic E-state index is 0.0639. The van der Waals surface area contributed by atoms with Crippen molar-refractivity contribution < 1.29 is 18.7 Å². The van der Waals surface area contributed by atoms with E-state index in [1.807, 2.05) is 41.3 Å². The molecule has 154 valence electrons. The summed E-state index contributed by atoms with van der Waals surface area (Å²) in [5, 5.41) is 2.91. The molecule has 0 aliphatic carbocycles. The number of benzene rings is 1. The molecule has 1 N–H and O–H groups in total. The van der Waals surface area contributed by atoms with Gasteiger partial charge in [-0.15, -0.1) is 11.8 Å². The predicted octanol–water partition coefficient (Wildman–Crippen LogP) is 2.12. The third-order valence-electron chi connectivity index (χ3n) is 5.15. The monoisotopic (exact) mass is 415 g/mol. The van der Waals surface area contributed by atoms with Crippen molar-refractivity contribution in [2.45, 2.75) is 11.9 Å². The van der Waals surface area contributed by atoms with E-state index in [0.717, 1.165) is 44.2 Å². The summed E-state index contributed by atoms with van der Waals surface area (Å²) in [6.07, 6.45) is 1.62. The Balaban J connectivity index is 1.33. The van der Waals surface area contributed by atoms with Gasteiger partial charge in [0, 0.05) is 31.7 Å². The summed E-state index contributed by atoms with van der Waals surface area (Å²) in [4.78, 5) is 28.8. The largest absolute Gasteiger partial charge is 0.467 e. The maximum absolute atomic E-state index is 12.4. The normalized spacial score (nSPS) is 20.2. The standard InChI is InChI=1S/C21H25N3O4S/c25-19-15-29-21(24(19)14-18-2-1-11-28-18)17-5-3-16(4-6-17)20(26)22-7-8-23-9-12-27-13-10-23/h1-6,11,21H,7-10,12-15H2,(H,22,26). The molecule has 2 fully saturated rings. The lowest BCUT2D eigenvalue weighted by Gasteiger charge is -2.26. The minimum atomic E-state index is -0.0765. The van der Waals surface area contributed by atoms with E-state index in [9.17, 15) is 9.59 Å². The third kappa shape index (κ3) is 5.01. The Hall–Kier alpha value is -2.29. The molecule has 0 radical (unpaired) electrons. The molecule has 4 rings (SSSR count). The number of nitrogens with one attached hydrogen (secondary N) is 1. The van der Waals surface area contributed by atoms with Crippen LogP contribution >= 0.6 is 11.8 Å². The van der Waals surface area contributed by atoms with Crippen molar-refractivity contribution in [2.75, 3.05) is 45.1 Å². The van der Waals surface area contributed by atoms with Crippen LogP contribution in [0.3, 0.4) is 0 Å². The van der Waals surface area contributed by atoms with E-state index in [2.05, 4.69) is 10.2 Å².